The summed E-state index contributed by atoms with van der Waals surface area (Å²) in [6, 6.07) is 1.49. The van der Waals surface area contributed by atoms with Crippen LogP contribution in [0.25, 0.3) is 0 Å². The lowest BCUT2D eigenvalue weighted by Crippen LogP contribution is -2.51. The lowest BCUT2D eigenvalue weighted by molar-refractivity contribution is -0.242. The number of phenolic OH excluding ortho intramolecular Hbond substituents is 1. The summed E-state index contributed by atoms with van der Waals surface area (Å²) in [4.78, 5) is 12.2. The van der Waals surface area contributed by atoms with Gasteiger partial charge in [0.25, 0.3) is 0 Å². The number of aliphatic hydroxyl groups is 3. The van der Waals surface area contributed by atoms with Gasteiger partial charge in [-0.3, -0.25) is 0 Å². The second kappa shape index (κ2) is 12.9. The number of hydrogen-bond donors (Lipinski definition) is 5. The highest BCUT2D eigenvalue weighted by Crippen LogP contribution is 2.37. The van der Waals surface area contributed by atoms with Gasteiger partial charge < -0.3 is 35.0 Å². The van der Waals surface area contributed by atoms with Crippen molar-refractivity contribution in [2.45, 2.75) is 78.3 Å². The standard InChI is InChI=1S/C26H38O8/c1-5-7-17-12-20(27)19(11-10-16(4)9-6-8-15(2)3)24(21(17)25(30)31)33-13-18-14-34-26(32)23(29)22(18)28/h8,10,12,18,22-23,26-29,32H,5-7,9,11,13-14H2,1-4H3,(H,30,31)/b16-10+/t18-,22+,23-,26-/m0/s1. The third-order valence-corrected chi connectivity index (χ3v) is 5.97. The third-order valence-electron chi connectivity index (χ3n) is 5.97. The number of aliphatic hydroxyl groups excluding tert-OH is 3. The average Bonchev–Trinajstić information content (AvgIpc) is 2.76. The summed E-state index contributed by atoms with van der Waals surface area (Å²) in [7, 11) is 0. The Bertz CT molecular complexity index is 901. The normalized spacial score (nSPS) is 23.0. The molecule has 0 unspecified atom stereocenters. The summed E-state index contributed by atoms with van der Waals surface area (Å²) in [5, 5.41) is 50.5. The highest BCUT2D eigenvalue weighted by Gasteiger charge is 2.38. The Balaban J connectivity index is 2.37. The fraction of sp³-hybridized carbons (Fsp3) is 0.577. The van der Waals surface area contributed by atoms with Crippen molar-refractivity contribution in [2.75, 3.05) is 13.2 Å². The number of phenols is 1. The van der Waals surface area contributed by atoms with Gasteiger partial charge in [0.15, 0.2) is 6.29 Å². The number of hydrogen-bond acceptors (Lipinski definition) is 7. The van der Waals surface area contributed by atoms with E-state index in [-0.39, 0.29) is 36.7 Å². The number of carboxylic acids is 1. The van der Waals surface area contributed by atoms with Gasteiger partial charge in [-0.15, -0.1) is 0 Å². The van der Waals surface area contributed by atoms with Crippen LogP contribution in [-0.4, -0.2) is 63.2 Å². The molecule has 1 aliphatic heterocycles. The van der Waals surface area contributed by atoms with Gasteiger partial charge in [0.1, 0.15) is 23.2 Å². The van der Waals surface area contributed by atoms with Crippen LogP contribution in [0.2, 0.25) is 0 Å². The molecule has 0 radical (unpaired) electrons. The van der Waals surface area contributed by atoms with E-state index in [9.17, 15) is 30.3 Å². The van der Waals surface area contributed by atoms with E-state index in [1.54, 1.807) is 0 Å². The van der Waals surface area contributed by atoms with E-state index in [1.165, 1.54) is 11.6 Å². The molecule has 1 heterocycles. The van der Waals surface area contributed by atoms with Crippen LogP contribution in [0.4, 0.5) is 0 Å². The first-order valence-corrected chi connectivity index (χ1v) is 11.7. The molecular weight excluding hydrogens is 440 g/mol. The molecule has 190 valence electrons. The van der Waals surface area contributed by atoms with E-state index < -0.39 is 30.4 Å². The largest absolute Gasteiger partial charge is 0.508 e. The van der Waals surface area contributed by atoms with E-state index >= 15 is 0 Å². The number of carboxylic acid groups (broad SMARTS) is 1. The van der Waals surface area contributed by atoms with Crippen molar-refractivity contribution in [1.82, 2.24) is 0 Å². The molecule has 1 fully saturated rings. The summed E-state index contributed by atoms with van der Waals surface area (Å²) in [5.74, 6) is -1.85. The number of aromatic carboxylic acids is 1. The average molecular weight is 479 g/mol. The highest BCUT2D eigenvalue weighted by atomic mass is 16.6. The number of rotatable bonds is 11. The number of allylic oxidation sites excluding steroid dienone is 4. The molecule has 0 bridgehead atoms. The van der Waals surface area contributed by atoms with E-state index in [0.29, 0.717) is 24.0 Å². The molecule has 1 saturated heterocycles. The minimum atomic E-state index is -1.49. The zero-order chi connectivity index (χ0) is 25.4. The molecular formula is C26H38O8. The van der Waals surface area contributed by atoms with Crippen molar-refractivity contribution in [2.24, 2.45) is 5.92 Å². The van der Waals surface area contributed by atoms with Gasteiger partial charge in [0, 0.05) is 11.5 Å². The summed E-state index contributed by atoms with van der Waals surface area (Å²) in [5.41, 5.74) is 3.14. The molecule has 8 heteroatoms. The van der Waals surface area contributed by atoms with Crippen molar-refractivity contribution < 1.29 is 39.8 Å². The van der Waals surface area contributed by atoms with Gasteiger partial charge in [0.2, 0.25) is 0 Å². The molecule has 4 atom stereocenters. The number of aryl methyl sites for hydroxylation is 1. The van der Waals surface area contributed by atoms with E-state index in [2.05, 4.69) is 6.08 Å². The Hall–Kier alpha value is -2.39. The maximum Gasteiger partial charge on any atom is 0.339 e. The van der Waals surface area contributed by atoms with Gasteiger partial charge in [-0.1, -0.05) is 36.6 Å². The molecule has 0 spiro atoms. The Morgan fingerprint density at radius 3 is 2.50 bits per heavy atom. The quantitative estimate of drug-likeness (QED) is 0.306. The van der Waals surface area contributed by atoms with Gasteiger partial charge in [0.05, 0.1) is 19.3 Å². The monoisotopic (exact) mass is 478 g/mol. The van der Waals surface area contributed by atoms with Crippen LogP contribution in [0.1, 0.15) is 68.4 Å². The summed E-state index contributed by atoms with van der Waals surface area (Å²) in [6.07, 6.45) is 2.95. The summed E-state index contributed by atoms with van der Waals surface area (Å²) >= 11 is 0. The maximum atomic E-state index is 12.2. The fourth-order valence-electron chi connectivity index (χ4n) is 3.97. The Morgan fingerprint density at radius 1 is 1.18 bits per heavy atom. The number of carbonyl (C=O) groups is 1. The van der Waals surface area contributed by atoms with Crippen molar-refractivity contribution >= 4 is 5.97 Å². The number of aromatic hydroxyl groups is 1. The molecule has 34 heavy (non-hydrogen) atoms. The van der Waals surface area contributed by atoms with E-state index in [0.717, 1.165) is 18.4 Å². The Morgan fingerprint density at radius 2 is 1.88 bits per heavy atom. The molecule has 1 aromatic carbocycles. The molecule has 0 aliphatic carbocycles. The Kier molecular flexibility index (Phi) is 10.6. The van der Waals surface area contributed by atoms with Crippen LogP contribution < -0.4 is 4.74 Å². The fourth-order valence-corrected chi connectivity index (χ4v) is 3.97. The lowest BCUT2D eigenvalue weighted by atomic mass is 9.94. The molecule has 1 aliphatic rings. The van der Waals surface area contributed by atoms with Crippen LogP contribution in [-0.2, 0) is 17.6 Å². The first kappa shape index (κ1) is 27.9. The van der Waals surface area contributed by atoms with Gasteiger partial charge in [-0.25, -0.2) is 4.79 Å². The molecule has 5 N–H and O–H groups in total. The number of ether oxygens (including phenoxy) is 2. The first-order valence-electron chi connectivity index (χ1n) is 11.7. The summed E-state index contributed by atoms with van der Waals surface area (Å²) < 4.78 is 11.0. The second-order valence-electron chi connectivity index (χ2n) is 9.14. The minimum Gasteiger partial charge on any atom is -0.508 e. The zero-order valence-corrected chi connectivity index (χ0v) is 20.5. The van der Waals surface area contributed by atoms with Crippen molar-refractivity contribution in [3.8, 4) is 11.5 Å². The molecule has 8 nitrogen and oxygen atoms in total. The second-order valence-corrected chi connectivity index (χ2v) is 9.14. The molecule has 0 aromatic heterocycles. The van der Waals surface area contributed by atoms with E-state index in [4.69, 9.17) is 9.47 Å². The van der Waals surface area contributed by atoms with E-state index in [1.807, 2.05) is 33.8 Å². The smallest absolute Gasteiger partial charge is 0.339 e. The number of benzene rings is 1. The van der Waals surface area contributed by atoms with Gasteiger partial charge >= 0.3 is 5.97 Å². The minimum absolute atomic E-state index is 0.0166. The lowest BCUT2D eigenvalue weighted by Gasteiger charge is -2.35. The third kappa shape index (κ3) is 7.30. The highest BCUT2D eigenvalue weighted by molar-refractivity contribution is 5.94. The predicted molar refractivity (Wildman–Crippen MR) is 128 cm³/mol. The first-order chi connectivity index (χ1) is 16.1. The molecule has 2 rings (SSSR count). The van der Waals surface area contributed by atoms with Crippen LogP contribution in [0.3, 0.4) is 0 Å². The zero-order valence-electron chi connectivity index (χ0n) is 20.5. The van der Waals surface area contributed by atoms with Crippen LogP contribution in [0, 0.1) is 5.92 Å². The van der Waals surface area contributed by atoms with Crippen LogP contribution in [0.15, 0.2) is 29.4 Å². The maximum absolute atomic E-state index is 12.2. The summed E-state index contributed by atoms with van der Waals surface area (Å²) in [6.45, 7) is 7.76. The molecule has 1 aromatic rings. The Labute approximate surface area is 201 Å². The predicted octanol–water partition coefficient (Wildman–Crippen LogP) is 3.34. The molecule has 0 amide bonds. The van der Waals surface area contributed by atoms with Gasteiger partial charge in [-0.05, 0) is 58.1 Å². The van der Waals surface area contributed by atoms with Crippen LogP contribution in [0.5, 0.6) is 11.5 Å². The topological polar surface area (TPSA) is 137 Å². The van der Waals surface area contributed by atoms with Crippen LogP contribution >= 0.6 is 0 Å². The van der Waals surface area contributed by atoms with Crippen molar-refractivity contribution in [3.63, 3.8) is 0 Å². The molecule has 0 saturated carbocycles. The van der Waals surface area contributed by atoms with Crippen molar-refractivity contribution in [1.29, 1.82) is 0 Å². The van der Waals surface area contributed by atoms with Crippen molar-refractivity contribution in [3.05, 3.63) is 46.1 Å². The van der Waals surface area contributed by atoms with Gasteiger partial charge in [-0.2, -0.15) is 0 Å². The SMILES string of the molecule is CCCc1cc(O)c(C/C=C(\C)CCC=C(C)C)c(OC[C@H]2CO[C@H](O)[C@@H](O)[C@@H]2O)c1C(=O)O.